The van der Waals surface area contributed by atoms with Gasteiger partial charge in [-0.15, -0.1) is 11.3 Å². The Morgan fingerprint density at radius 1 is 1.30 bits per heavy atom. The number of hydrogen-bond acceptors (Lipinski definition) is 5. The van der Waals surface area contributed by atoms with E-state index < -0.39 is 0 Å². The van der Waals surface area contributed by atoms with Crippen molar-refractivity contribution in [2.24, 2.45) is 0 Å². The number of hydrogen-bond donors (Lipinski definition) is 0. The molecule has 0 saturated heterocycles. The zero-order valence-electron chi connectivity index (χ0n) is 14.8. The van der Waals surface area contributed by atoms with Crippen molar-refractivity contribution in [2.75, 3.05) is 11.9 Å². The molecule has 1 aliphatic rings. The van der Waals surface area contributed by atoms with Crippen LogP contribution in [0.15, 0.2) is 52.3 Å². The summed E-state index contributed by atoms with van der Waals surface area (Å²) >= 11 is 3.03. The van der Waals surface area contributed by atoms with Gasteiger partial charge in [-0.05, 0) is 37.3 Å². The fourth-order valence-electron chi connectivity index (χ4n) is 2.97. The molecule has 0 amide bonds. The molecule has 4 rings (SSSR count). The van der Waals surface area contributed by atoms with Crippen molar-refractivity contribution in [1.29, 1.82) is 0 Å². The molecule has 7 heteroatoms. The summed E-state index contributed by atoms with van der Waals surface area (Å²) < 4.78 is 3.38. The first-order chi connectivity index (χ1) is 13.1. The monoisotopic (exact) mass is 392 g/mol. The molecule has 0 saturated carbocycles. The van der Waals surface area contributed by atoms with E-state index in [0.29, 0.717) is 16.8 Å². The smallest absolute Gasteiger partial charge is 0.271 e. The number of thiazole rings is 1. The Morgan fingerprint density at radius 3 is 2.85 bits per heavy atom. The number of thioether (sulfide) groups is 1. The molecule has 0 aliphatic carbocycles. The van der Waals surface area contributed by atoms with E-state index in [1.54, 1.807) is 22.5 Å². The maximum absolute atomic E-state index is 13.0. The summed E-state index contributed by atoms with van der Waals surface area (Å²) in [5.41, 5.74) is 2.47. The molecule has 5 nitrogen and oxygen atoms in total. The average Bonchev–Trinajstić information content (AvgIpc) is 3.18. The molecule has 1 aliphatic heterocycles. The zero-order chi connectivity index (χ0) is 19.0. The average molecular weight is 393 g/mol. The maximum Gasteiger partial charge on any atom is 0.271 e. The van der Waals surface area contributed by atoms with Gasteiger partial charge in [-0.25, -0.2) is 4.85 Å². The van der Waals surface area contributed by atoms with Crippen LogP contribution in [0.1, 0.15) is 12.6 Å². The van der Waals surface area contributed by atoms with E-state index in [0.717, 1.165) is 26.0 Å². The van der Waals surface area contributed by atoms with Crippen LogP contribution in [-0.2, 0) is 6.54 Å². The normalized spacial score (nSPS) is 15.7. The van der Waals surface area contributed by atoms with Gasteiger partial charge in [0.15, 0.2) is 5.69 Å². The molecule has 3 aromatic rings. The molecule has 0 fully saturated rings. The van der Waals surface area contributed by atoms with Crippen molar-refractivity contribution in [2.45, 2.75) is 18.4 Å². The summed E-state index contributed by atoms with van der Waals surface area (Å²) in [6.45, 7) is 9.78. The van der Waals surface area contributed by atoms with Gasteiger partial charge in [0.05, 0.1) is 18.0 Å². The quantitative estimate of drug-likeness (QED) is 0.629. The van der Waals surface area contributed by atoms with Crippen LogP contribution in [0.2, 0.25) is 0 Å². The number of aromatic nitrogens is 2. The van der Waals surface area contributed by atoms with E-state index >= 15 is 0 Å². The third-order valence-corrected chi connectivity index (χ3v) is 6.79. The minimum absolute atomic E-state index is 0.0113. The number of benzene rings is 1. The van der Waals surface area contributed by atoms with Gasteiger partial charge in [0.2, 0.25) is 0 Å². The highest BCUT2D eigenvalue weighted by Gasteiger charge is 2.24. The predicted octanol–water partition coefficient (Wildman–Crippen LogP) is 3.01. The lowest BCUT2D eigenvalue weighted by Gasteiger charge is -2.12. The van der Waals surface area contributed by atoms with E-state index in [1.807, 2.05) is 61.3 Å². The zero-order valence-corrected chi connectivity index (χ0v) is 16.5. The molecule has 0 unspecified atom stereocenters. The van der Waals surface area contributed by atoms with Crippen LogP contribution in [0.5, 0.6) is 0 Å². The molecule has 134 valence electrons. The van der Waals surface area contributed by atoms with E-state index in [-0.39, 0.29) is 5.56 Å². The molecule has 0 radical (unpaired) electrons. The van der Waals surface area contributed by atoms with Gasteiger partial charge in [0, 0.05) is 24.7 Å². The Kier molecular flexibility index (Phi) is 4.60. The molecule has 0 N–H and O–H groups in total. The first-order valence-corrected chi connectivity index (χ1v) is 10.1. The summed E-state index contributed by atoms with van der Waals surface area (Å²) in [5, 5.41) is 0.907. The molecule has 0 spiro atoms. The largest absolute Gasteiger partial charge is 0.337 e. The van der Waals surface area contributed by atoms with Crippen molar-refractivity contribution in [3.63, 3.8) is 0 Å². The molecule has 2 aromatic heterocycles. The van der Waals surface area contributed by atoms with Gasteiger partial charge < -0.3 is 4.90 Å². The summed E-state index contributed by atoms with van der Waals surface area (Å²) in [4.78, 5) is 23.9. The third-order valence-electron chi connectivity index (χ3n) is 4.33. The minimum Gasteiger partial charge on any atom is -0.337 e. The third kappa shape index (κ3) is 3.07. The molecule has 0 bridgehead atoms. The molecule has 0 atom stereocenters. The van der Waals surface area contributed by atoms with Gasteiger partial charge in [-0.1, -0.05) is 23.9 Å². The summed E-state index contributed by atoms with van der Waals surface area (Å²) in [5.74, 6) is 0. The van der Waals surface area contributed by atoms with Gasteiger partial charge in [0.25, 0.3) is 5.56 Å². The van der Waals surface area contributed by atoms with E-state index in [4.69, 9.17) is 6.57 Å². The Bertz CT molecular complexity index is 1240. The molecule has 1 aromatic carbocycles. The summed E-state index contributed by atoms with van der Waals surface area (Å²) in [6.07, 6.45) is 3.69. The molecule has 27 heavy (non-hydrogen) atoms. The summed E-state index contributed by atoms with van der Waals surface area (Å²) in [6, 6.07) is 11.4. The fourth-order valence-corrected chi connectivity index (χ4v) is 5.46. The summed E-state index contributed by atoms with van der Waals surface area (Å²) in [7, 11) is 1.96. The lowest BCUT2D eigenvalue weighted by atomic mass is 10.2. The van der Waals surface area contributed by atoms with Gasteiger partial charge >= 0.3 is 0 Å². The van der Waals surface area contributed by atoms with Gasteiger partial charge in [-0.3, -0.25) is 14.3 Å². The van der Waals surface area contributed by atoms with E-state index in [1.165, 1.54) is 11.3 Å². The van der Waals surface area contributed by atoms with Crippen LogP contribution in [0, 0.1) is 6.57 Å². The second kappa shape index (κ2) is 7.06. The van der Waals surface area contributed by atoms with Gasteiger partial charge in [0.1, 0.15) is 14.2 Å². The van der Waals surface area contributed by atoms with Crippen LogP contribution in [0.4, 0.5) is 11.4 Å². The second-order valence-corrected chi connectivity index (χ2v) is 8.01. The number of fused-ring (bicyclic) bond motifs is 1. The number of rotatable bonds is 2. The van der Waals surface area contributed by atoms with E-state index in [9.17, 15) is 4.79 Å². The highest BCUT2D eigenvalue weighted by molar-refractivity contribution is 8.08. The highest BCUT2D eigenvalue weighted by atomic mass is 32.2. The van der Waals surface area contributed by atoms with Crippen LogP contribution >= 0.6 is 23.1 Å². The Hall–Kier alpha value is -2.82. The number of nitrogens with zero attached hydrogens (tertiary/aromatic N) is 4. The van der Waals surface area contributed by atoms with Crippen LogP contribution in [0.25, 0.3) is 16.0 Å². The van der Waals surface area contributed by atoms with Crippen molar-refractivity contribution in [3.05, 3.63) is 79.3 Å². The van der Waals surface area contributed by atoms with Crippen molar-refractivity contribution < 1.29 is 0 Å². The first-order valence-electron chi connectivity index (χ1n) is 8.42. The fraction of sp³-hybridized carbons (Fsp3) is 0.150. The number of pyridine rings is 1. The second-order valence-electron chi connectivity index (χ2n) is 5.95. The lowest BCUT2D eigenvalue weighted by Crippen LogP contribution is -2.33. The van der Waals surface area contributed by atoms with E-state index in [2.05, 4.69) is 9.83 Å². The van der Waals surface area contributed by atoms with Crippen LogP contribution < -0.4 is 19.7 Å². The highest BCUT2D eigenvalue weighted by Crippen LogP contribution is 2.46. The number of anilines is 1. The Balaban J connectivity index is 1.92. The maximum atomic E-state index is 13.0. The predicted molar refractivity (Wildman–Crippen MR) is 112 cm³/mol. The topological polar surface area (TPSA) is 42.5 Å². The SMILES string of the molecule is [C-]#[N+]c1ccc2c(c1)S/C(=c1/s/c(=C\c3ccccn3)n(CC)c1=O)N2C. The molecule has 3 heterocycles. The molecular formula is C20H16N4OS2. The van der Waals surface area contributed by atoms with Crippen molar-refractivity contribution in [3.8, 4) is 0 Å². The van der Waals surface area contributed by atoms with Crippen LogP contribution in [-0.4, -0.2) is 16.6 Å². The Labute approximate surface area is 164 Å². The Morgan fingerprint density at radius 2 is 2.15 bits per heavy atom. The standard InChI is InChI=1S/C20H16N4OS2/c1-4-24-17(12-14-7-5-6-10-22-14)27-18(19(24)25)20-23(3)15-9-8-13(21-2)11-16(15)26-20/h5-12H,4H2,1,3H3/b17-12-,20-18+. The lowest BCUT2D eigenvalue weighted by molar-refractivity contribution is 0.722. The minimum atomic E-state index is 0.0113. The van der Waals surface area contributed by atoms with Gasteiger partial charge in [-0.2, -0.15) is 0 Å². The van der Waals surface area contributed by atoms with Crippen LogP contribution in [0.3, 0.4) is 0 Å². The van der Waals surface area contributed by atoms with Crippen molar-refractivity contribution in [1.82, 2.24) is 9.55 Å². The molecular weight excluding hydrogens is 376 g/mol. The van der Waals surface area contributed by atoms with Crippen molar-refractivity contribution >= 4 is 45.6 Å². The first kappa shape index (κ1) is 17.6.